The van der Waals surface area contributed by atoms with Crippen LogP contribution in [0.2, 0.25) is 0 Å². The lowest BCUT2D eigenvalue weighted by Gasteiger charge is -2.19. The van der Waals surface area contributed by atoms with E-state index in [4.69, 9.17) is 0 Å². The summed E-state index contributed by atoms with van der Waals surface area (Å²) in [5.74, 6) is 0.207. The summed E-state index contributed by atoms with van der Waals surface area (Å²) in [5, 5.41) is 6.03. The number of benzene rings is 1. The van der Waals surface area contributed by atoms with Crippen molar-refractivity contribution in [3.63, 3.8) is 0 Å². The van der Waals surface area contributed by atoms with Gasteiger partial charge in [-0.05, 0) is 31.9 Å². The zero-order valence-electron chi connectivity index (χ0n) is 12.5. The summed E-state index contributed by atoms with van der Waals surface area (Å²) < 4.78 is 0. The molecule has 0 radical (unpaired) electrons. The Morgan fingerprint density at radius 2 is 2.10 bits per heavy atom. The average molecular weight is 289 g/mol. The number of carbonyl (C=O) groups excluding carboxylic acids is 2. The minimum Gasteiger partial charge on any atom is -0.376 e. The molecular weight excluding hydrogens is 266 g/mol. The van der Waals surface area contributed by atoms with E-state index in [2.05, 4.69) is 10.6 Å². The Labute approximate surface area is 125 Å². The van der Waals surface area contributed by atoms with Gasteiger partial charge in [-0.2, -0.15) is 0 Å². The number of nitrogens with one attached hydrogen (secondary N) is 2. The molecule has 1 aliphatic heterocycles. The molecule has 2 N–H and O–H groups in total. The summed E-state index contributed by atoms with van der Waals surface area (Å²) in [6.07, 6.45) is 2.42. The molecular formula is C16H23N3O2. The van der Waals surface area contributed by atoms with Gasteiger partial charge in [0.15, 0.2) is 0 Å². The van der Waals surface area contributed by atoms with Crippen LogP contribution in [0.5, 0.6) is 0 Å². The van der Waals surface area contributed by atoms with Gasteiger partial charge in [-0.25, -0.2) is 0 Å². The summed E-state index contributed by atoms with van der Waals surface area (Å²) in [6, 6.07) is 9.72. The van der Waals surface area contributed by atoms with Crippen LogP contribution in [0, 0.1) is 0 Å². The van der Waals surface area contributed by atoms with Gasteiger partial charge in [0.25, 0.3) is 0 Å². The highest BCUT2D eigenvalue weighted by Gasteiger charge is 2.20. The summed E-state index contributed by atoms with van der Waals surface area (Å²) in [7, 11) is 0. The lowest BCUT2D eigenvalue weighted by Crippen LogP contribution is -2.39. The molecule has 1 atom stereocenters. The second kappa shape index (κ2) is 7.67. The molecule has 1 aromatic carbocycles. The molecule has 1 heterocycles. The monoisotopic (exact) mass is 289 g/mol. The van der Waals surface area contributed by atoms with Crippen LogP contribution in [0.15, 0.2) is 30.3 Å². The molecule has 0 bridgehead atoms. The van der Waals surface area contributed by atoms with Gasteiger partial charge < -0.3 is 15.5 Å². The highest BCUT2D eigenvalue weighted by atomic mass is 16.2. The van der Waals surface area contributed by atoms with Crippen LogP contribution in [0.3, 0.4) is 0 Å². The van der Waals surface area contributed by atoms with Gasteiger partial charge in [0.2, 0.25) is 11.8 Å². The Morgan fingerprint density at radius 3 is 2.76 bits per heavy atom. The van der Waals surface area contributed by atoms with Gasteiger partial charge in [-0.3, -0.25) is 9.59 Å². The maximum Gasteiger partial charge on any atom is 0.239 e. The van der Waals surface area contributed by atoms with Gasteiger partial charge in [0.1, 0.15) is 0 Å². The highest BCUT2D eigenvalue weighted by molar-refractivity contribution is 5.81. The molecule has 5 heteroatoms. The number of para-hydroxylation sites is 1. The van der Waals surface area contributed by atoms with E-state index in [-0.39, 0.29) is 24.4 Å². The molecule has 114 valence electrons. The summed E-state index contributed by atoms with van der Waals surface area (Å²) in [6.45, 7) is 3.82. The topological polar surface area (TPSA) is 61.4 Å². The number of anilines is 1. The van der Waals surface area contributed by atoms with Crippen molar-refractivity contribution in [3.05, 3.63) is 30.3 Å². The maximum absolute atomic E-state index is 11.8. The van der Waals surface area contributed by atoms with Gasteiger partial charge in [0.05, 0.1) is 6.54 Å². The molecule has 1 fully saturated rings. The van der Waals surface area contributed by atoms with Crippen molar-refractivity contribution >= 4 is 17.5 Å². The first-order valence-electron chi connectivity index (χ1n) is 7.51. The molecule has 0 aliphatic carbocycles. The molecule has 0 unspecified atom stereocenters. The van der Waals surface area contributed by atoms with Crippen LogP contribution >= 0.6 is 0 Å². The first-order valence-corrected chi connectivity index (χ1v) is 7.51. The SMILES string of the molecule is C[C@@H](CCN1CCCC1=O)NC(=O)CNc1ccccc1. The molecule has 21 heavy (non-hydrogen) atoms. The Balaban J connectivity index is 1.64. The fourth-order valence-corrected chi connectivity index (χ4v) is 2.43. The van der Waals surface area contributed by atoms with Crippen molar-refractivity contribution < 1.29 is 9.59 Å². The van der Waals surface area contributed by atoms with Crippen molar-refractivity contribution in [1.82, 2.24) is 10.2 Å². The summed E-state index contributed by atoms with van der Waals surface area (Å²) >= 11 is 0. The molecule has 0 aromatic heterocycles. The predicted octanol–water partition coefficient (Wildman–Crippen LogP) is 1.62. The lowest BCUT2D eigenvalue weighted by molar-refractivity contribution is -0.127. The van der Waals surface area contributed by atoms with Gasteiger partial charge >= 0.3 is 0 Å². The van der Waals surface area contributed by atoms with Crippen molar-refractivity contribution in [3.8, 4) is 0 Å². The van der Waals surface area contributed by atoms with Crippen molar-refractivity contribution in [2.24, 2.45) is 0 Å². The Kier molecular flexibility index (Phi) is 5.60. The van der Waals surface area contributed by atoms with E-state index in [1.165, 1.54) is 0 Å². The number of rotatable bonds is 7. The van der Waals surface area contributed by atoms with Crippen LogP contribution in [-0.2, 0) is 9.59 Å². The third-order valence-electron chi connectivity index (χ3n) is 3.64. The van der Waals surface area contributed by atoms with Gasteiger partial charge in [-0.15, -0.1) is 0 Å². The third kappa shape index (κ3) is 5.10. The maximum atomic E-state index is 11.8. The van der Waals surface area contributed by atoms with Crippen molar-refractivity contribution in [1.29, 1.82) is 0 Å². The zero-order chi connectivity index (χ0) is 15.1. The average Bonchev–Trinajstić information content (AvgIpc) is 2.89. The first-order chi connectivity index (χ1) is 10.1. The molecule has 0 saturated carbocycles. The predicted molar refractivity (Wildman–Crippen MR) is 83.0 cm³/mol. The summed E-state index contributed by atoms with van der Waals surface area (Å²) in [4.78, 5) is 25.2. The number of hydrogen-bond acceptors (Lipinski definition) is 3. The molecule has 1 aliphatic rings. The highest BCUT2D eigenvalue weighted by Crippen LogP contribution is 2.10. The van der Waals surface area contributed by atoms with E-state index in [0.717, 1.165) is 31.6 Å². The van der Waals surface area contributed by atoms with Crippen LogP contribution < -0.4 is 10.6 Å². The first kappa shape index (κ1) is 15.4. The third-order valence-corrected chi connectivity index (χ3v) is 3.64. The summed E-state index contributed by atoms with van der Waals surface area (Å²) in [5.41, 5.74) is 0.933. The molecule has 5 nitrogen and oxygen atoms in total. The number of carbonyl (C=O) groups is 2. The minimum absolute atomic E-state index is 0.0286. The second-order valence-corrected chi connectivity index (χ2v) is 5.46. The lowest BCUT2D eigenvalue weighted by atomic mass is 10.2. The Bertz CT molecular complexity index is 476. The number of hydrogen-bond donors (Lipinski definition) is 2. The fraction of sp³-hybridized carbons (Fsp3) is 0.500. The molecule has 1 saturated heterocycles. The standard InChI is InChI=1S/C16H23N3O2/c1-13(9-11-19-10-5-8-16(19)21)18-15(20)12-17-14-6-3-2-4-7-14/h2-4,6-7,13,17H,5,8-12H2,1H3,(H,18,20)/t13-/m0/s1. The fourth-order valence-electron chi connectivity index (χ4n) is 2.43. The van der Waals surface area contributed by atoms with E-state index in [9.17, 15) is 9.59 Å². The van der Waals surface area contributed by atoms with E-state index in [1.807, 2.05) is 42.2 Å². The molecule has 0 spiro atoms. The largest absolute Gasteiger partial charge is 0.376 e. The molecule has 1 aromatic rings. The Morgan fingerprint density at radius 1 is 1.33 bits per heavy atom. The number of likely N-dealkylation sites (tertiary alicyclic amines) is 1. The molecule has 2 rings (SSSR count). The van der Waals surface area contributed by atoms with Gasteiger partial charge in [0, 0.05) is 31.2 Å². The van der Waals surface area contributed by atoms with E-state index in [1.54, 1.807) is 0 Å². The van der Waals surface area contributed by atoms with Crippen LogP contribution in [-0.4, -0.2) is 42.4 Å². The van der Waals surface area contributed by atoms with Crippen LogP contribution in [0.25, 0.3) is 0 Å². The van der Waals surface area contributed by atoms with E-state index < -0.39 is 0 Å². The van der Waals surface area contributed by atoms with Crippen molar-refractivity contribution in [2.75, 3.05) is 25.0 Å². The number of nitrogens with zero attached hydrogens (tertiary/aromatic N) is 1. The van der Waals surface area contributed by atoms with Crippen LogP contribution in [0.1, 0.15) is 26.2 Å². The molecule has 2 amide bonds. The zero-order valence-corrected chi connectivity index (χ0v) is 12.5. The normalized spacial score (nSPS) is 15.9. The van der Waals surface area contributed by atoms with E-state index in [0.29, 0.717) is 6.42 Å². The number of amides is 2. The quantitative estimate of drug-likeness (QED) is 0.802. The smallest absolute Gasteiger partial charge is 0.239 e. The van der Waals surface area contributed by atoms with E-state index >= 15 is 0 Å². The van der Waals surface area contributed by atoms with Gasteiger partial charge in [-0.1, -0.05) is 18.2 Å². The Hall–Kier alpha value is -2.04. The minimum atomic E-state index is -0.0286. The van der Waals surface area contributed by atoms with Crippen molar-refractivity contribution in [2.45, 2.75) is 32.2 Å². The van der Waals surface area contributed by atoms with Crippen LogP contribution in [0.4, 0.5) is 5.69 Å². The second-order valence-electron chi connectivity index (χ2n) is 5.46.